The van der Waals surface area contributed by atoms with Crippen molar-refractivity contribution in [2.45, 2.75) is 17.1 Å². The minimum absolute atomic E-state index is 0.0463. The zero-order chi connectivity index (χ0) is 31.6. The fourth-order valence-electron chi connectivity index (χ4n) is 4.32. The Hall–Kier alpha value is -5.19. The number of nitrogens with zero attached hydrogens (tertiary/aromatic N) is 1. The van der Waals surface area contributed by atoms with Crippen molar-refractivity contribution in [2.75, 3.05) is 17.7 Å². The molecule has 10 heteroatoms. The molecule has 5 aromatic rings. The van der Waals surface area contributed by atoms with Crippen molar-refractivity contribution < 1.29 is 19.1 Å². The van der Waals surface area contributed by atoms with Gasteiger partial charge in [-0.1, -0.05) is 66.7 Å². The first-order chi connectivity index (χ1) is 21.9. The van der Waals surface area contributed by atoms with Gasteiger partial charge >= 0.3 is 0 Å². The summed E-state index contributed by atoms with van der Waals surface area (Å²) in [6, 6.07) is 32.6. The molecule has 45 heavy (non-hydrogen) atoms. The molecule has 0 saturated carbocycles. The third-order valence-electron chi connectivity index (χ3n) is 6.52. The average molecular weight is 635 g/mol. The predicted molar refractivity (Wildman–Crippen MR) is 180 cm³/mol. The van der Waals surface area contributed by atoms with E-state index in [2.05, 4.69) is 20.9 Å². The molecule has 0 bridgehead atoms. The number of hydrogen-bond acceptors (Lipinski definition) is 7. The first-order valence-electron chi connectivity index (χ1n) is 14.0. The van der Waals surface area contributed by atoms with Gasteiger partial charge in [-0.05, 0) is 61.0 Å². The Labute approximate surface area is 269 Å². The van der Waals surface area contributed by atoms with Crippen LogP contribution in [0.5, 0.6) is 5.75 Å². The molecule has 3 N–H and O–H groups in total. The van der Waals surface area contributed by atoms with Gasteiger partial charge in [-0.2, -0.15) is 0 Å². The third-order valence-corrected chi connectivity index (χ3v) is 8.67. The van der Waals surface area contributed by atoms with Crippen molar-refractivity contribution in [3.8, 4) is 5.75 Å². The topological polar surface area (TPSA) is 109 Å². The van der Waals surface area contributed by atoms with Gasteiger partial charge in [0.25, 0.3) is 11.8 Å². The Morgan fingerprint density at radius 2 is 1.51 bits per heavy atom. The van der Waals surface area contributed by atoms with Gasteiger partial charge in [0.15, 0.2) is 5.13 Å². The maximum absolute atomic E-state index is 13.5. The number of aryl methyl sites for hydroxylation is 1. The molecule has 0 aliphatic heterocycles. The number of ether oxygens (including phenoxy) is 1. The number of amides is 3. The lowest BCUT2D eigenvalue weighted by atomic mass is 10.1. The van der Waals surface area contributed by atoms with Gasteiger partial charge in [0.2, 0.25) is 5.91 Å². The molecule has 226 valence electrons. The van der Waals surface area contributed by atoms with Crippen LogP contribution in [0.3, 0.4) is 0 Å². The maximum atomic E-state index is 13.5. The molecule has 0 radical (unpaired) electrons. The van der Waals surface area contributed by atoms with Crippen molar-refractivity contribution in [3.05, 3.63) is 143 Å². The van der Waals surface area contributed by atoms with E-state index in [9.17, 15) is 14.4 Å². The van der Waals surface area contributed by atoms with E-state index in [0.29, 0.717) is 27.7 Å². The highest BCUT2D eigenvalue weighted by Crippen LogP contribution is 2.37. The lowest BCUT2D eigenvalue weighted by Gasteiger charge is -2.17. The lowest BCUT2D eigenvalue weighted by molar-refractivity contribution is -0.116. The van der Waals surface area contributed by atoms with Crippen LogP contribution in [0.1, 0.15) is 32.4 Å². The molecule has 0 aliphatic carbocycles. The van der Waals surface area contributed by atoms with Gasteiger partial charge in [0.05, 0.1) is 12.8 Å². The number of carbonyl (C=O) groups excluding carboxylic acids is 3. The molecule has 1 atom stereocenters. The minimum atomic E-state index is -0.528. The highest BCUT2D eigenvalue weighted by Gasteiger charge is 2.23. The van der Waals surface area contributed by atoms with Crippen LogP contribution in [0, 0.1) is 6.92 Å². The number of aromatic nitrogens is 1. The molecule has 1 aromatic heterocycles. The van der Waals surface area contributed by atoms with Crippen molar-refractivity contribution in [1.29, 1.82) is 0 Å². The molecule has 4 aromatic carbocycles. The molecule has 0 spiro atoms. The number of carbonyl (C=O) groups is 3. The smallest absolute Gasteiger partial charge is 0.272 e. The molecule has 1 unspecified atom stereocenters. The van der Waals surface area contributed by atoms with E-state index < -0.39 is 17.1 Å². The largest absolute Gasteiger partial charge is 0.496 e. The number of rotatable bonds is 11. The lowest BCUT2D eigenvalue weighted by Crippen LogP contribution is -2.30. The van der Waals surface area contributed by atoms with E-state index in [1.165, 1.54) is 23.1 Å². The molecule has 0 fully saturated rings. The Kier molecular flexibility index (Phi) is 10.4. The van der Waals surface area contributed by atoms with Crippen LogP contribution in [-0.2, 0) is 9.59 Å². The van der Waals surface area contributed by atoms with Crippen LogP contribution in [0.4, 0.5) is 10.8 Å². The summed E-state index contributed by atoms with van der Waals surface area (Å²) in [6.45, 7) is 1.88. The summed E-state index contributed by atoms with van der Waals surface area (Å²) in [7, 11) is 1.54. The molecule has 3 amide bonds. The highest BCUT2D eigenvalue weighted by molar-refractivity contribution is 8.00. The Bertz CT molecular complexity index is 1810. The quantitative estimate of drug-likeness (QED) is 0.104. The van der Waals surface area contributed by atoms with Crippen LogP contribution in [-0.4, -0.2) is 29.8 Å². The fourth-order valence-corrected chi connectivity index (χ4v) is 6.03. The third kappa shape index (κ3) is 8.47. The number of nitrogens with one attached hydrogen (secondary N) is 3. The van der Waals surface area contributed by atoms with E-state index in [4.69, 9.17) is 4.74 Å². The van der Waals surface area contributed by atoms with Gasteiger partial charge < -0.3 is 20.7 Å². The van der Waals surface area contributed by atoms with Crippen molar-refractivity contribution in [2.24, 2.45) is 0 Å². The zero-order valence-corrected chi connectivity index (χ0v) is 26.2. The summed E-state index contributed by atoms with van der Waals surface area (Å²) < 4.78 is 5.44. The second-order valence-electron chi connectivity index (χ2n) is 9.79. The van der Waals surface area contributed by atoms with Gasteiger partial charge in [0.1, 0.15) is 16.7 Å². The van der Waals surface area contributed by atoms with Crippen molar-refractivity contribution in [1.82, 2.24) is 10.3 Å². The monoisotopic (exact) mass is 634 g/mol. The summed E-state index contributed by atoms with van der Waals surface area (Å²) in [5, 5.41) is 10.4. The molecule has 0 aliphatic rings. The Morgan fingerprint density at radius 3 is 2.18 bits per heavy atom. The van der Waals surface area contributed by atoms with E-state index in [0.717, 1.165) is 16.2 Å². The number of methoxy groups -OCH3 is 1. The predicted octanol–water partition coefficient (Wildman–Crippen LogP) is 7.34. The van der Waals surface area contributed by atoms with Crippen LogP contribution < -0.4 is 20.7 Å². The number of thiazole rings is 1. The molecular formula is C35H30N4O4S2. The van der Waals surface area contributed by atoms with Crippen LogP contribution in [0.25, 0.3) is 6.08 Å². The van der Waals surface area contributed by atoms with E-state index in [1.54, 1.807) is 61.7 Å². The number of benzene rings is 4. The van der Waals surface area contributed by atoms with Gasteiger partial charge in [-0.25, -0.2) is 4.98 Å². The average Bonchev–Trinajstić information content (AvgIpc) is 3.48. The molecule has 0 saturated heterocycles. The summed E-state index contributed by atoms with van der Waals surface area (Å²) in [4.78, 5) is 45.0. The van der Waals surface area contributed by atoms with Crippen LogP contribution in [0.2, 0.25) is 0 Å². The van der Waals surface area contributed by atoms with Gasteiger partial charge in [-0.3, -0.25) is 14.4 Å². The highest BCUT2D eigenvalue weighted by atomic mass is 32.2. The Balaban J connectivity index is 1.34. The molecular weight excluding hydrogens is 605 g/mol. The number of para-hydroxylation sites is 1. The first kappa shape index (κ1) is 31.2. The number of anilines is 2. The fraction of sp³-hybridized carbons (Fsp3) is 0.0857. The number of hydrogen-bond donors (Lipinski definition) is 3. The molecule has 1 heterocycles. The minimum Gasteiger partial charge on any atom is -0.496 e. The summed E-state index contributed by atoms with van der Waals surface area (Å²) in [5.41, 5.74) is 3.31. The van der Waals surface area contributed by atoms with E-state index in [-0.39, 0.29) is 11.6 Å². The normalized spacial score (nSPS) is 11.7. The second-order valence-corrected chi connectivity index (χ2v) is 11.8. The van der Waals surface area contributed by atoms with Crippen molar-refractivity contribution in [3.63, 3.8) is 0 Å². The van der Waals surface area contributed by atoms with Gasteiger partial charge in [0, 0.05) is 27.1 Å². The summed E-state index contributed by atoms with van der Waals surface area (Å²) in [6.07, 6.45) is 1.58. The van der Waals surface area contributed by atoms with E-state index >= 15 is 0 Å². The molecule has 8 nitrogen and oxygen atoms in total. The van der Waals surface area contributed by atoms with Gasteiger partial charge in [-0.15, -0.1) is 23.1 Å². The molecule has 5 rings (SSSR count). The maximum Gasteiger partial charge on any atom is 0.272 e. The van der Waals surface area contributed by atoms with E-state index in [1.807, 2.05) is 73.0 Å². The number of thioether (sulfide) groups is 1. The summed E-state index contributed by atoms with van der Waals surface area (Å²) >= 11 is 2.77. The van der Waals surface area contributed by atoms with Crippen molar-refractivity contribution >= 4 is 57.7 Å². The SMILES string of the molecule is COc1ccccc1/C=C(\NC(=O)c1ccccc1)C(=O)Nc1ccc(SC(C(=O)Nc2nc(C)cs2)c2ccccc2)cc1. The van der Waals surface area contributed by atoms with Crippen LogP contribution >= 0.6 is 23.1 Å². The van der Waals surface area contributed by atoms with Crippen LogP contribution in [0.15, 0.2) is 125 Å². The standard InChI is InChI=1S/C35H30N4O4S2/c1-23-22-44-35(36-23)39-34(42)31(24-11-5-3-6-12-24)45-28-19-17-27(18-20-28)37-33(41)29(21-26-15-9-10-16-30(26)43-2)38-32(40)25-13-7-4-8-14-25/h3-22,31H,1-2H3,(H,37,41)(H,38,40)(H,36,39,42)/b29-21-. The zero-order valence-electron chi connectivity index (χ0n) is 24.5. The first-order valence-corrected chi connectivity index (χ1v) is 15.7. The Morgan fingerprint density at radius 1 is 0.844 bits per heavy atom. The second kappa shape index (κ2) is 15.0. The summed E-state index contributed by atoms with van der Waals surface area (Å²) in [5.74, 6) is -0.555.